The van der Waals surface area contributed by atoms with Gasteiger partial charge in [0.1, 0.15) is 10.7 Å². The van der Waals surface area contributed by atoms with E-state index in [4.69, 9.17) is 4.42 Å². The summed E-state index contributed by atoms with van der Waals surface area (Å²) in [5.41, 5.74) is 0. The molecule has 0 aromatic carbocycles. The van der Waals surface area contributed by atoms with E-state index in [1.54, 1.807) is 0 Å². The lowest BCUT2D eigenvalue weighted by molar-refractivity contribution is -0.122. The molecular formula is C10H13BrF4N2O3S. The standard InChI is InChI=1S/C10H13BrF4N2O3S/c1-2-16-4-6-3-7(8(11)20-6)21(18,19)17-5-10(14,15)9(12)13/h3,9,16-17H,2,4-5H2,1H3. The van der Waals surface area contributed by atoms with Crippen molar-refractivity contribution in [3.8, 4) is 0 Å². The van der Waals surface area contributed by atoms with Crippen LogP contribution in [-0.2, 0) is 16.6 Å². The molecule has 0 saturated carbocycles. The van der Waals surface area contributed by atoms with Gasteiger partial charge in [-0.15, -0.1) is 0 Å². The summed E-state index contributed by atoms with van der Waals surface area (Å²) in [4.78, 5) is -0.430. The van der Waals surface area contributed by atoms with Gasteiger partial charge in [0.05, 0.1) is 13.1 Å². The Morgan fingerprint density at radius 1 is 1.43 bits per heavy atom. The monoisotopic (exact) mass is 396 g/mol. The van der Waals surface area contributed by atoms with Gasteiger partial charge in [0, 0.05) is 6.07 Å². The third-order valence-corrected chi connectivity index (χ3v) is 4.62. The van der Waals surface area contributed by atoms with Gasteiger partial charge in [-0.2, -0.15) is 8.78 Å². The molecule has 0 radical (unpaired) electrons. The largest absolute Gasteiger partial charge is 0.452 e. The third-order valence-electron chi connectivity index (χ3n) is 2.36. The number of alkyl halides is 4. The Kier molecular flexibility index (Phi) is 6.20. The summed E-state index contributed by atoms with van der Waals surface area (Å²) < 4.78 is 79.4. The van der Waals surface area contributed by atoms with Crippen molar-refractivity contribution < 1.29 is 30.4 Å². The van der Waals surface area contributed by atoms with Gasteiger partial charge >= 0.3 is 12.3 Å². The summed E-state index contributed by atoms with van der Waals surface area (Å²) in [6.45, 7) is 0.966. The zero-order valence-corrected chi connectivity index (χ0v) is 13.2. The molecule has 1 heterocycles. The number of rotatable bonds is 8. The number of nitrogens with one attached hydrogen (secondary N) is 2. The Labute approximate surface area is 127 Å². The van der Waals surface area contributed by atoms with E-state index in [2.05, 4.69) is 21.2 Å². The molecule has 1 rings (SSSR count). The van der Waals surface area contributed by atoms with Gasteiger partial charge in [0.15, 0.2) is 4.67 Å². The highest BCUT2D eigenvalue weighted by atomic mass is 79.9. The molecule has 1 aromatic rings. The first-order chi connectivity index (χ1) is 9.60. The van der Waals surface area contributed by atoms with Gasteiger partial charge in [-0.1, -0.05) is 6.92 Å². The zero-order chi connectivity index (χ0) is 16.3. The summed E-state index contributed by atoms with van der Waals surface area (Å²) in [5, 5.41) is 2.88. The molecule has 0 saturated heterocycles. The van der Waals surface area contributed by atoms with Crippen LogP contribution in [0.1, 0.15) is 12.7 Å². The van der Waals surface area contributed by atoms with Crippen LogP contribution in [0.3, 0.4) is 0 Å². The van der Waals surface area contributed by atoms with Crippen LogP contribution in [0.15, 0.2) is 20.0 Å². The Morgan fingerprint density at radius 3 is 2.57 bits per heavy atom. The van der Waals surface area contributed by atoms with Crippen molar-refractivity contribution in [2.45, 2.75) is 30.7 Å². The van der Waals surface area contributed by atoms with E-state index in [9.17, 15) is 26.0 Å². The van der Waals surface area contributed by atoms with Crippen molar-refractivity contribution in [2.24, 2.45) is 0 Å². The van der Waals surface area contributed by atoms with Crippen molar-refractivity contribution in [2.75, 3.05) is 13.1 Å². The lowest BCUT2D eigenvalue weighted by Crippen LogP contribution is -2.41. The number of halogens is 5. The van der Waals surface area contributed by atoms with Crippen LogP contribution >= 0.6 is 15.9 Å². The molecular weight excluding hydrogens is 384 g/mol. The molecule has 0 amide bonds. The van der Waals surface area contributed by atoms with Gasteiger partial charge in [0.25, 0.3) is 0 Å². The maximum Gasteiger partial charge on any atom is 0.320 e. The molecule has 2 N–H and O–H groups in total. The predicted molar refractivity (Wildman–Crippen MR) is 69.9 cm³/mol. The summed E-state index contributed by atoms with van der Waals surface area (Å²) >= 11 is 2.84. The molecule has 11 heteroatoms. The van der Waals surface area contributed by atoms with Crippen LogP contribution in [-0.4, -0.2) is 33.9 Å². The van der Waals surface area contributed by atoms with E-state index in [1.165, 1.54) is 4.72 Å². The average Bonchev–Trinajstić information content (AvgIpc) is 2.76. The van der Waals surface area contributed by atoms with E-state index < -0.39 is 33.8 Å². The van der Waals surface area contributed by atoms with Crippen LogP contribution in [0.4, 0.5) is 17.6 Å². The van der Waals surface area contributed by atoms with Crippen LogP contribution in [0.2, 0.25) is 0 Å². The molecule has 122 valence electrons. The summed E-state index contributed by atoms with van der Waals surface area (Å²) in [6.07, 6.45) is -3.96. The summed E-state index contributed by atoms with van der Waals surface area (Å²) in [7, 11) is -4.39. The SMILES string of the molecule is CCNCc1cc(S(=O)(=O)NCC(F)(F)C(F)F)c(Br)o1. The van der Waals surface area contributed by atoms with Crippen molar-refractivity contribution in [3.63, 3.8) is 0 Å². The zero-order valence-electron chi connectivity index (χ0n) is 10.8. The first kappa shape index (κ1) is 18.4. The highest BCUT2D eigenvalue weighted by Crippen LogP contribution is 2.27. The number of furan rings is 1. The topological polar surface area (TPSA) is 71.3 Å². The van der Waals surface area contributed by atoms with E-state index in [0.717, 1.165) is 6.07 Å². The fourth-order valence-electron chi connectivity index (χ4n) is 1.26. The molecule has 0 atom stereocenters. The minimum absolute atomic E-state index is 0.191. The molecule has 0 spiro atoms. The molecule has 0 aliphatic rings. The second kappa shape index (κ2) is 7.07. The van der Waals surface area contributed by atoms with Crippen molar-refractivity contribution in [3.05, 3.63) is 16.5 Å². The van der Waals surface area contributed by atoms with E-state index in [0.29, 0.717) is 6.54 Å². The lowest BCUT2D eigenvalue weighted by atomic mass is 10.4. The number of hydrogen-bond donors (Lipinski definition) is 2. The quantitative estimate of drug-likeness (QED) is 0.661. The molecule has 5 nitrogen and oxygen atoms in total. The van der Waals surface area contributed by atoms with E-state index in [1.807, 2.05) is 6.92 Å². The third kappa shape index (κ3) is 4.94. The maximum absolute atomic E-state index is 12.7. The Bertz CT molecular complexity index is 577. The Hall–Kier alpha value is -0.650. The Balaban J connectivity index is 2.86. The summed E-state index contributed by atoms with van der Waals surface area (Å²) in [6, 6.07) is 1.12. The average molecular weight is 397 g/mol. The van der Waals surface area contributed by atoms with Gasteiger partial charge < -0.3 is 9.73 Å². The van der Waals surface area contributed by atoms with Crippen LogP contribution in [0, 0.1) is 0 Å². The normalized spacial score (nSPS) is 13.1. The highest BCUT2D eigenvalue weighted by Gasteiger charge is 2.42. The minimum Gasteiger partial charge on any atom is -0.452 e. The van der Waals surface area contributed by atoms with Crippen molar-refractivity contribution in [1.82, 2.24) is 10.0 Å². The predicted octanol–water partition coefficient (Wildman–Crippen LogP) is 2.33. The van der Waals surface area contributed by atoms with Gasteiger partial charge in [-0.3, -0.25) is 0 Å². The summed E-state index contributed by atoms with van der Waals surface area (Å²) in [5.74, 6) is -4.19. The van der Waals surface area contributed by atoms with Gasteiger partial charge in [-0.25, -0.2) is 21.9 Å². The minimum atomic E-state index is -4.45. The fourth-order valence-corrected chi connectivity index (χ4v) is 3.30. The molecule has 1 aromatic heterocycles. The van der Waals surface area contributed by atoms with E-state index >= 15 is 0 Å². The molecule has 0 bridgehead atoms. The molecule has 0 aliphatic heterocycles. The maximum atomic E-state index is 12.7. The Morgan fingerprint density at radius 2 is 2.05 bits per heavy atom. The van der Waals surface area contributed by atoms with Gasteiger partial charge in [-0.05, 0) is 22.5 Å². The molecule has 0 unspecified atom stereocenters. The van der Waals surface area contributed by atoms with E-state index in [-0.39, 0.29) is 17.0 Å². The van der Waals surface area contributed by atoms with Crippen LogP contribution in [0.25, 0.3) is 0 Å². The first-order valence-electron chi connectivity index (χ1n) is 5.74. The molecule has 0 fully saturated rings. The lowest BCUT2D eigenvalue weighted by Gasteiger charge is -2.15. The van der Waals surface area contributed by atoms with Gasteiger partial charge in [0.2, 0.25) is 10.0 Å². The fraction of sp³-hybridized carbons (Fsp3) is 0.600. The number of sulfonamides is 1. The van der Waals surface area contributed by atoms with Crippen molar-refractivity contribution >= 4 is 26.0 Å². The highest BCUT2D eigenvalue weighted by molar-refractivity contribution is 9.10. The second-order valence-electron chi connectivity index (χ2n) is 4.02. The smallest absolute Gasteiger partial charge is 0.320 e. The first-order valence-corrected chi connectivity index (χ1v) is 8.02. The molecule has 21 heavy (non-hydrogen) atoms. The second-order valence-corrected chi connectivity index (χ2v) is 6.47. The van der Waals surface area contributed by atoms with Crippen molar-refractivity contribution in [1.29, 1.82) is 0 Å². The number of hydrogen-bond acceptors (Lipinski definition) is 4. The van der Waals surface area contributed by atoms with Crippen LogP contribution < -0.4 is 10.0 Å². The molecule has 0 aliphatic carbocycles. The van der Waals surface area contributed by atoms with Crippen LogP contribution in [0.5, 0.6) is 0 Å².